The summed E-state index contributed by atoms with van der Waals surface area (Å²) >= 11 is 0. The SMILES string of the molecule is O=C(O)C1(O)C=C(O)c2ccccc2C1. The van der Waals surface area contributed by atoms with E-state index in [0.29, 0.717) is 11.1 Å². The van der Waals surface area contributed by atoms with Gasteiger partial charge in [0.05, 0.1) is 0 Å². The second-order valence-corrected chi connectivity index (χ2v) is 3.59. The summed E-state index contributed by atoms with van der Waals surface area (Å²) in [6, 6.07) is 6.85. The first kappa shape index (κ1) is 9.73. The number of carboxylic acid groups (broad SMARTS) is 1. The van der Waals surface area contributed by atoms with Crippen molar-refractivity contribution in [3.05, 3.63) is 41.5 Å². The van der Waals surface area contributed by atoms with Crippen molar-refractivity contribution in [1.29, 1.82) is 0 Å². The van der Waals surface area contributed by atoms with Crippen molar-refractivity contribution in [3.8, 4) is 0 Å². The summed E-state index contributed by atoms with van der Waals surface area (Å²) in [5.74, 6) is -1.55. The maximum absolute atomic E-state index is 10.8. The smallest absolute Gasteiger partial charge is 0.340 e. The molecule has 4 nitrogen and oxygen atoms in total. The molecule has 1 aliphatic carbocycles. The van der Waals surface area contributed by atoms with Gasteiger partial charge in [0.25, 0.3) is 0 Å². The van der Waals surface area contributed by atoms with E-state index in [1.165, 1.54) is 0 Å². The minimum absolute atomic E-state index is 0.0252. The lowest BCUT2D eigenvalue weighted by Gasteiger charge is -2.25. The number of benzene rings is 1. The molecule has 0 saturated heterocycles. The van der Waals surface area contributed by atoms with Gasteiger partial charge in [0.2, 0.25) is 0 Å². The average molecular weight is 206 g/mol. The number of aliphatic hydroxyl groups excluding tert-OH is 1. The molecule has 78 valence electrons. The van der Waals surface area contributed by atoms with Crippen LogP contribution in [0.5, 0.6) is 0 Å². The second-order valence-electron chi connectivity index (χ2n) is 3.59. The Morgan fingerprint density at radius 2 is 2.00 bits per heavy atom. The van der Waals surface area contributed by atoms with Gasteiger partial charge in [-0.1, -0.05) is 24.3 Å². The van der Waals surface area contributed by atoms with E-state index in [9.17, 15) is 15.0 Å². The van der Waals surface area contributed by atoms with Gasteiger partial charge < -0.3 is 15.3 Å². The highest BCUT2D eigenvalue weighted by molar-refractivity contribution is 5.85. The highest BCUT2D eigenvalue weighted by Gasteiger charge is 2.38. The van der Waals surface area contributed by atoms with Crippen LogP contribution in [0.15, 0.2) is 30.3 Å². The number of fused-ring (bicyclic) bond motifs is 1. The van der Waals surface area contributed by atoms with Crippen LogP contribution in [0.25, 0.3) is 5.76 Å². The lowest BCUT2D eigenvalue weighted by Crippen LogP contribution is -2.40. The van der Waals surface area contributed by atoms with Gasteiger partial charge in [0.15, 0.2) is 5.60 Å². The van der Waals surface area contributed by atoms with Gasteiger partial charge in [0.1, 0.15) is 5.76 Å². The molecule has 0 spiro atoms. The molecule has 4 heteroatoms. The molecule has 1 atom stereocenters. The molecule has 0 fully saturated rings. The summed E-state index contributed by atoms with van der Waals surface area (Å²) in [5, 5.41) is 28.1. The number of hydrogen-bond donors (Lipinski definition) is 3. The van der Waals surface area contributed by atoms with Crippen LogP contribution in [-0.4, -0.2) is 26.9 Å². The molecule has 1 unspecified atom stereocenters. The van der Waals surface area contributed by atoms with Crippen LogP contribution in [0.3, 0.4) is 0 Å². The summed E-state index contributed by atoms with van der Waals surface area (Å²) in [6.45, 7) is 0. The fraction of sp³-hybridized carbons (Fsp3) is 0.182. The van der Waals surface area contributed by atoms with Crippen molar-refractivity contribution in [3.63, 3.8) is 0 Å². The third-order valence-corrected chi connectivity index (χ3v) is 2.50. The van der Waals surface area contributed by atoms with E-state index in [1.54, 1.807) is 24.3 Å². The molecule has 0 amide bonds. The van der Waals surface area contributed by atoms with Crippen molar-refractivity contribution >= 4 is 11.7 Å². The van der Waals surface area contributed by atoms with E-state index in [0.717, 1.165) is 6.08 Å². The normalized spacial score (nSPS) is 24.2. The number of carboxylic acids is 1. The van der Waals surface area contributed by atoms with Crippen molar-refractivity contribution in [1.82, 2.24) is 0 Å². The van der Waals surface area contributed by atoms with Crippen molar-refractivity contribution < 1.29 is 20.1 Å². The summed E-state index contributed by atoms with van der Waals surface area (Å²) in [7, 11) is 0. The van der Waals surface area contributed by atoms with Crippen LogP contribution in [-0.2, 0) is 11.2 Å². The average Bonchev–Trinajstić information content (AvgIpc) is 2.17. The molecule has 3 N–H and O–H groups in total. The van der Waals surface area contributed by atoms with Gasteiger partial charge in [-0.25, -0.2) is 4.79 Å². The first-order chi connectivity index (χ1) is 7.03. The molecule has 0 aliphatic heterocycles. The molecule has 1 aromatic carbocycles. The Bertz CT molecular complexity index is 450. The van der Waals surface area contributed by atoms with Gasteiger partial charge in [-0.2, -0.15) is 0 Å². The van der Waals surface area contributed by atoms with Crippen LogP contribution < -0.4 is 0 Å². The molecular weight excluding hydrogens is 196 g/mol. The van der Waals surface area contributed by atoms with E-state index >= 15 is 0 Å². The van der Waals surface area contributed by atoms with Crippen LogP contribution in [0.1, 0.15) is 11.1 Å². The van der Waals surface area contributed by atoms with Gasteiger partial charge in [-0.05, 0) is 5.56 Å². The molecular formula is C11H10O4. The fourth-order valence-electron chi connectivity index (χ4n) is 1.71. The number of aliphatic hydroxyl groups is 2. The molecule has 2 rings (SSSR count). The quantitative estimate of drug-likeness (QED) is 0.639. The number of rotatable bonds is 1. The van der Waals surface area contributed by atoms with E-state index in [4.69, 9.17) is 5.11 Å². The largest absolute Gasteiger partial charge is 0.508 e. The highest BCUT2D eigenvalue weighted by atomic mass is 16.4. The Hall–Kier alpha value is -1.81. The van der Waals surface area contributed by atoms with Crippen LogP contribution >= 0.6 is 0 Å². The Kier molecular flexibility index (Phi) is 2.01. The van der Waals surface area contributed by atoms with E-state index in [-0.39, 0.29) is 12.2 Å². The molecule has 0 aromatic heterocycles. The minimum atomic E-state index is -2.00. The van der Waals surface area contributed by atoms with Crippen molar-refractivity contribution in [2.24, 2.45) is 0 Å². The standard InChI is InChI=1S/C11H10O4/c12-9-6-11(15,10(13)14)5-7-3-1-2-4-8(7)9/h1-4,6,12,15H,5H2,(H,13,14). The second kappa shape index (κ2) is 3.10. The van der Waals surface area contributed by atoms with Gasteiger partial charge in [0, 0.05) is 18.1 Å². The van der Waals surface area contributed by atoms with Crippen molar-refractivity contribution in [2.75, 3.05) is 0 Å². The zero-order valence-electron chi connectivity index (χ0n) is 7.84. The third-order valence-electron chi connectivity index (χ3n) is 2.50. The molecule has 1 aliphatic rings. The summed E-state index contributed by atoms with van der Waals surface area (Å²) < 4.78 is 0. The molecule has 0 bridgehead atoms. The fourth-order valence-corrected chi connectivity index (χ4v) is 1.71. The topological polar surface area (TPSA) is 77.8 Å². The van der Waals surface area contributed by atoms with Gasteiger partial charge >= 0.3 is 5.97 Å². The van der Waals surface area contributed by atoms with E-state index in [2.05, 4.69) is 0 Å². The summed E-state index contributed by atoms with van der Waals surface area (Å²) in [6.07, 6.45) is 0.945. The first-order valence-electron chi connectivity index (χ1n) is 4.49. The lowest BCUT2D eigenvalue weighted by molar-refractivity contribution is -0.153. The Balaban J connectivity index is 2.54. The molecule has 15 heavy (non-hydrogen) atoms. The number of hydrogen-bond acceptors (Lipinski definition) is 3. The van der Waals surface area contributed by atoms with Gasteiger partial charge in [-0.15, -0.1) is 0 Å². The maximum atomic E-state index is 10.8. The monoisotopic (exact) mass is 206 g/mol. The van der Waals surface area contributed by atoms with Crippen LogP contribution in [0, 0.1) is 0 Å². The predicted octanol–water partition coefficient (Wildman–Crippen LogP) is 0.957. The number of aliphatic carboxylic acids is 1. The molecule has 0 saturated carbocycles. The summed E-state index contributed by atoms with van der Waals surface area (Å²) in [4.78, 5) is 10.8. The van der Waals surface area contributed by atoms with E-state index < -0.39 is 11.6 Å². The molecule has 0 radical (unpaired) electrons. The summed E-state index contributed by atoms with van der Waals surface area (Å²) in [5.41, 5.74) is -0.802. The molecule has 1 aromatic rings. The van der Waals surface area contributed by atoms with Crippen LogP contribution in [0.4, 0.5) is 0 Å². The lowest BCUT2D eigenvalue weighted by atomic mass is 9.85. The minimum Gasteiger partial charge on any atom is -0.508 e. The Morgan fingerprint density at radius 1 is 1.33 bits per heavy atom. The Labute approximate surface area is 86.1 Å². The van der Waals surface area contributed by atoms with Crippen LogP contribution in [0.2, 0.25) is 0 Å². The third kappa shape index (κ3) is 1.49. The highest BCUT2D eigenvalue weighted by Crippen LogP contribution is 2.30. The predicted molar refractivity (Wildman–Crippen MR) is 53.3 cm³/mol. The van der Waals surface area contributed by atoms with Gasteiger partial charge in [-0.3, -0.25) is 0 Å². The first-order valence-corrected chi connectivity index (χ1v) is 4.49. The molecule has 0 heterocycles. The zero-order valence-corrected chi connectivity index (χ0v) is 7.84. The maximum Gasteiger partial charge on any atom is 0.340 e. The Morgan fingerprint density at radius 3 is 2.67 bits per heavy atom. The van der Waals surface area contributed by atoms with Crippen molar-refractivity contribution in [2.45, 2.75) is 12.0 Å². The zero-order chi connectivity index (χ0) is 11.1. The van der Waals surface area contributed by atoms with E-state index in [1.807, 2.05) is 0 Å². The number of carbonyl (C=O) groups is 1.